The Balaban J connectivity index is 1.94. The van der Waals surface area contributed by atoms with Gasteiger partial charge in [0.1, 0.15) is 5.82 Å². The second kappa shape index (κ2) is 6.46. The van der Waals surface area contributed by atoms with E-state index in [1.807, 2.05) is 0 Å². The van der Waals surface area contributed by atoms with Crippen molar-refractivity contribution in [2.45, 2.75) is 32.9 Å². The van der Waals surface area contributed by atoms with Crippen LogP contribution in [-0.4, -0.2) is 40.6 Å². The first-order valence-electron chi connectivity index (χ1n) is 7.74. The van der Waals surface area contributed by atoms with E-state index in [1.54, 1.807) is 0 Å². The van der Waals surface area contributed by atoms with Gasteiger partial charge in [-0.2, -0.15) is 0 Å². The molecular formula is C16H23BrN4. The van der Waals surface area contributed by atoms with Crippen LogP contribution < -0.4 is 5.32 Å². The Morgan fingerprint density at radius 2 is 2.14 bits per heavy atom. The van der Waals surface area contributed by atoms with Crippen molar-refractivity contribution in [1.82, 2.24) is 19.8 Å². The molecule has 0 aliphatic carbocycles. The quantitative estimate of drug-likeness (QED) is 0.922. The summed E-state index contributed by atoms with van der Waals surface area (Å²) in [5.74, 6) is 1.18. The molecular weight excluding hydrogens is 328 g/mol. The number of aromatic nitrogens is 2. The number of nitrogens with one attached hydrogen (secondary N) is 1. The van der Waals surface area contributed by atoms with Crippen LogP contribution >= 0.6 is 15.9 Å². The molecule has 0 spiro atoms. The molecule has 21 heavy (non-hydrogen) atoms. The molecule has 1 N–H and O–H groups in total. The lowest BCUT2D eigenvalue weighted by molar-refractivity contribution is 0.271. The van der Waals surface area contributed by atoms with E-state index in [9.17, 15) is 0 Å². The average molecular weight is 351 g/mol. The van der Waals surface area contributed by atoms with Gasteiger partial charge in [-0.15, -0.1) is 0 Å². The van der Waals surface area contributed by atoms with Crippen molar-refractivity contribution in [3.05, 3.63) is 28.5 Å². The first-order chi connectivity index (χ1) is 10.1. The molecule has 1 saturated heterocycles. The molecule has 0 saturated carbocycles. The first-order valence-corrected chi connectivity index (χ1v) is 8.54. The summed E-state index contributed by atoms with van der Waals surface area (Å²) in [6, 6.07) is 6.81. The van der Waals surface area contributed by atoms with E-state index in [4.69, 9.17) is 4.98 Å². The number of rotatable bonds is 3. The van der Waals surface area contributed by atoms with Gasteiger partial charge in [0.15, 0.2) is 0 Å². The lowest BCUT2D eigenvalue weighted by atomic mass is 10.3. The second-order valence-corrected chi connectivity index (χ2v) is 6.92. The van der Waals surface area contributed by atoms with Crippen molar-refractivity contribution >= 4 is 27.0 Å². The summed E-state index contributed by atoms with van der Waals surface area (Å²) >= 11 is 3.54. The Morgan fingerprint density at radius 1 is 1.29 bits per heavy atom. The zero-order chi connectivity index (χ0) is 14.8. The number of benzene rings is 1. The van der Waals surface area contributed by atoms with E-state index in [0.29, 0.717) is 6.04 Å². The Kier molecular flexibility index (Phi) is 4.62. The van der Waals surface area contributed by atoms with E-state index < -0.39 is 0 Å². The summed E-state index contributed by atoms with van der Waals surface area (Å²) in [5, 5.41) is 3.46. The molecule has 0 bridgehead atoms. The van der Waals surface area contributed by atoms with Gasteiger partial charge >= 0.3 is 0 Å². The monoisotopic (exact) mass is 350 g/mol. The molecule has 0 amide bonds. The molecule has 4 nitrogen and oxygen atoms in total. The predicted octanol–water partition coefficient (Wildman–Crippen LogP) is 3.18. The van der Waals surface area contributed by atoms with Gasteiger partial charge in [-0.05, 0) is 51.6 Å². The Morgan fingerprint density at radius 3 is 2.95 bits per heavy atom. The number of imidazole rings is 1. The van der Waals surface area contributed by atoms with Gasteiger partial charge in [-0.1, -0.05) is 15.9 Å². The SMILES string of the molecule is CC(C)n1c(CN2CCCNCC2)nc2cc(Br)ccc21. The molecule has 1 aromatic heterocycles. The fourth-order valence-electron chi connectivity index (χ4n) is 3.07. The fourth-order valence-corrected chi connectivity index (χ4v) is 3.42. The van der Waals surface area contributed by atoms with Crippen molar-refractivity contribution in [3.63, 3.8) is 0 Å². The maximum absolute atomic E-state index is 4.89. The minimum Gasteiger partial charge on any atom is -0.324 e. The van der Waals surface area contributed by atoms with Crippen LogP contribution in [0.25, 0.3) is 11.0 Å². The van der Waals surface area contributed by atoms with E-state index in [2.05, 4.69) is 62.8 Å². The minimum atomic E-state index is 0.427. The third-order valence-corrected chi connectivity index (χ3v) is 4.53. The molecule has 5 heteroatoms. The van der Waals surface area contributed by atoms with E-state index >= 15 is 0 Å². The fraction of sp³-hybridized carbons (Fsp3) is 0.562. The zero-order valence-corrected chi connectivity index (χ0v) is 14.4. The highest BCUT2D eigenvalue weighted by Gasteiger charge is 2.17. The molecule has 2 aromatic rings. The predicted molar refractivity (Wildman–Crippen MR) is 90.6 cm³/mol. The molecule has 1 fully saturated rings. The average Bonchev–Trinajstić information content (AvgIpc) is 2.60. The largest absolute Gasteiger partial charge is 0.324 e. The van der Waals surface area contributed by atoms with Crippen molar-refractivity contribution in [2.75, 3.05) is 26.2 Å². The van der Waals surface area contributed by atoms with E-state index in [-0.39, 0.29) is 0 Å². The van der Waals surface area contributed by atoms with Gasteiger partial charge in [-0.3, -0.25) is 4.90 Å². The van der Waals surface area contributed by atoms with Crippen LogP contribution in [0.15, 0.2) is 22.7 Å². The lowest BCUT2D eigenvalue weighted by Gasteiger charge is -2.21. The Bertz CT molecular complexity index is 612. The molecule has 3 rings (SSSR count). The summed E-state index contributed by atoms with van der Waals surface area (Å²) in [5.41, 5.74) is 2.32. The van der Waals surface area contributed by atoms with Crippen LogP contribution in [0.4, 0.5) is 0 Å². The third-order valence-electron chi connectivity index (χ3n) is 4.04. The van der Waals surface area contributed by atoms with Crippen molar-refractivity contribution in [3.8, 4) is 0 Å². The smallest absolute Gasteiger partial charge is 0.124 e. The number of hydrogen-bond donors (Lipinski definition) is 1. The van der Waals surface area contributed by atoms with Gasteiger partial charge in [-0.25, -0.2) is 4.98 Å². The van der Waals surface area contributed by atoms with E-state index in [0.717, 1.165) is 42.7 Å². The van der Waals surface area contributed by atoms with Gasteiger partial charge in [0.2, 0.25) is 0 Å². The summed E-state index contributed by atoms with van der Waals surface area (Å²) in [6.07, 6.45) is 1.22. The molecule has 0 atom stereocenters. The van der Waals surface area contributed by atoms with Crippen LogP contribution in [0.5, 0.6) is 0 Å². The molecule has 1 aromatic carbocycles. The van der Waals surface area contributed by atoms with Crippen LogP contribution in [0.3, 0.4) is 0 Å². The maximum atomic E-state index is 4.89. The van der Waals surface area contributed by atoms with Crippen molar-refractivity contribution < 1.29 is 0 Å². The van der Waals surface area contributed by atoms with Crippen LogP contribution in [0, 0.1) is 0 Å². The zero-order valence-electron chi connectivity index (χ0n) is 12.8. The second-order valence-electron chi connectivity index (χ2n) is 6.00. The number of halogens is 1. The summed E-state index contributed by atoms with van der Waals surface area (Å²) < 4.78 is 3.47. The van der Waals surface area contributed by atoms with Crippen molar-refractivity contribution in [2.24, 2.45) is 0 Å². The molecule has 114 valence electrons. The standard InChI is InChI=1S/C16H23BrN4/c1-12(2)21-15-5-4-13(17)10-14(15)19-16(21)11-20-8-3-6-18-7-9-20/h4-5,10,12,18H,3,6-9,11H2,1-2H3. The molecule has 0 radical (unpaired) electrons. The number of hydrogen-bond acceptors (Lipinski definition) is 3. The summed E-state index contributed by atoms with van der Waals surface area (Å²) in [7, 11) is 0. The van der Waals surface area contributed by atoms with Gasteiger partial charge in [0.25, 0.3) is 0 Å². The van der Waals surface area contributed by atoms with Gasteiger partial charge < -0.3 is 9.88 Å². The van der Waals surface area contributed by atoms with Gasteiger partial charge in [0.05, 0.1) is 17.6 Å². The topological polar surface area (TPSA) is 33.1 Å². The summed E-state index contributed by atoms with van der Waals surface area (Å²) in [6.45, 7) is 9.86. The molecule has 1 aliphatic rings. The summed E-state index contributed by atoms with van der Waals surface area (Å²) in [4.78, 5) is 7.40. The van der Waals surface area contributed by atoms with Crippen LogP contribution in [-0.2, 0) is 6.54 Å². The molecule has 2 heterocycles. The Hall–Kier alpha value is -0.910. The first kappa shape index (κ1) is 15.0. The lowest BCUT2D eigenvalue weighted by Crippen LogP contribution is -2.29. The van der Waals surface area contributed by atoms with Crippen LogP contribution in [0.1, 0.15) is 32.1 Å². The third kappa shape index (κ3) is 3.30. The molecule has 1 aliphatic heterocycles. The van der Waals surface area contributed by atoms with E-state index in [1.165, 1.54) is 17.8 Å². The highest BCUT2D eigenvalue weighted by molar-refractivity contribution is 9.10. The number of fused-ring (bicyclic) bond motifs is 1. The maximum Gasteiger partial charge on any atom is 0.124 e. The normalized spacial score (nSPS) is 17.5. The van der Waals surface area contributed by atoms with Crippen LogP contribution in [0.2, 0.25) is 0 Å². The molecule has 0 unspecified atom stereocenters. The number of nitrogens with zero attached hydrogens (tertiary/aromatic N) is 3. The highest BCUT2D eigenvalue weighted by atomic mass is 79.9. The highest BCUT2D eigenvalue weighted by Crippen LogP contribution is 2.25. The van der Waals surface area contributed by atoms with Crippen molar-refractivity contribution in [1.29, 1.82) is 0 Å². The Labute approximate surface area is 134 Å². The minimum absolute atomic E-state index is 0.427. The van der Waals surface area contributed by atoms with Gasteiger partial charge in [0, 0.05) is 23.6 Å².